The smallest absolute Gasteiger partial charge is 0.462 e. The molecular weight excluding hydrogens is 1020 g/mol. The highest BCUT2D eigenvalue weighted by molar-refractivity contribution is 7.47. The molecule has 0 spiro atoms. The summed E-state index contributed by atoms with van der Waals surface area (Å²) in [6.45, 7) is 9.23. The fourth-order valence-corrected chi connectivity index (χ4v) is 9.87. The highest BCUT2D eigenvalue weighted by atomic mass is 31.2. The first-order valence-corrected chi connectivity index (χ1v) is 33.0. The summed E-state index contributed by atoms with van der Waals surface area (Å²) in [5, 5.41) is 10.4. The van der Waals surface area contributed by atoms with Gasteiger partial charge in [-0.1, -0.05) is 221 Å². The Morgan fingerprint density at radius 1 is 0.355 bits per heavy atom. The number of unbranched alkanes of at least 4 members (excludes halogenated alkanes) is 26. The zero-order valence-corrected chi connectivity index (χ0v) is 50.3. The van der Waals surface area contributed by atoms with Crippen LogP contribution in [0.3, 0.4) is 0 Å². The second-order valence-corrected chi connectivity index (χ2v) is 24.5. The number of ether oxygens (including phenoxy) is 4. The topological polar surface area (TPSA) is 237 Å². The summed E-state index contributed by atoms with van der Waals surface area (Å²) >= 11 is 0. The fourth-order valence-electron chi connectivity index (χ4n) is 8.29. The van der Waals surface area contributed by atoms with E-state index in [1.165, 1.54) is 83.5 Å². The van der Waals surface area contributed by atoms with Gasteiger partial charge in [-0.25, -0.2) is 9.13 Å². The van der Waals surface area contributed by atoms with E-state index in [-0.39, 0.29) is 25.7 Å². The molecule has 0 aliphatic rings. The number of esters is 4. The van der Waals surface area contributed by atoms with Crippen molar-refractivity contribution < 1.29 is 80.2 Å². The quantitative estimate of drug-likeness (QED) is 0.0222. The van der Waals surface area contributed by atoms with E-state index in [1.54, 1.807) is 0 Å². The van der Waals surface area contributed by atoms with Crippen LogP contribution in [0.5, 0.6) is 0 Å². The zero-order valence-electron chi connectivity index (χ0n) is 48.5. The molecule has 17 nitrogen and oxygen atoms in total. The van der Waals surface area contributed by atoms with E-state index >= 15 is 0 Å². The number of hydrogen-bond acceptors (Lipinski definition) is 15. The van der Waals surface area contributed by atoms with Crippen molar-refractivity contribution in [1.29, 1.82) is 0 Å². The van der Waals surface area contributed by atoms with Crippen molar-refractivity contribution in [2.75, 3.05) is 39.6 Å². The fraction of sp³-hybridized carbons (Fsp3) is 0.930. The highest BCUT2D eigenvalue weighted by Gasteiger charge is 2.30. The molecule has 0 aromatic carbocycles. The Labute approximate surface area is 460 Å². The summed E-state index contributed by atoms with van der Waals surface area (Å²) in [5.41, 5.74) is 0. The molecule has 3 N–H and O–H groups in total. The first-order valence-electron chi connectivity index (χ1n) is 30.0. The summed E-state index contributed by atoms with van der Waals surface area (Å²) < 4.78 is 67.3. The van der Waals surface area contributed by atoms with Crippen molar-refractivity contribution in [3.8, 4) is 0 Å². The van der Waals surface area contributed by atoms with Crippen LogP contribution < -0.4 is 0 Å². The maximum Gasteiger partial charge on any atom is 0.472 e. The first-order chi connectivity index (χ1) is 36.4. The van der Waals surface area contributed by atoms with Gasteiger partial charge in [0, 0.05) is 25.7 Å². The lowest BCUT2D eigenvalue weighted by Crippen LogP contribution is -2.30. The van der Waals surface area contributed by atoms with Gasteiger partial charge < -0.3 is 33.8 Å². The Balaban J connectivity index is 5.13. The standard InChI is InChI=1S/C57H110O17P2/c1-7-9-11-25-33-39-54(59)67-45-52(73-56(61)41-35-26-12-10-8-2)47-71-75(63,64)69-43-51(58)44-70-76(65,66)72-48-53(46-68-55(60)40-34-29-23-20-19-22-28-32-38-50(5)6)74-57(62)42-36-30-24-18-16-14-13-15-17-21-27-31-37-49(3)4/h49-53,58H,7-48H2,1-6H3,(H,63,64)(H,65,66)/t51-,52+,53+/m0/s1. The van der Waals surface area contributed by atoms with Crippen molar-refractivity contribution in [3.63, 3.8) is 0 Å². The van der Waals surface area contributed by atoms with Gasteiger partial charge in [0.15, 0.2) is 12.2 Å². The summed E-state index contributed by atoms with van der Waals surface area (Å²) in [7, 11) is -9.85. The van der Waals surface area contributed by atoms with Gasteiger partial charge in [-0.05, 0) is 37.5 Å². The molecule has 19 heteroatoms. The average molecular weight is 1130 g/mol. The minimum atomic E-state index is -4.93. The van der Waals surface area contributed by atoms with Crippen molar-refractivity contribution in [1.82, 2.24) is 0 Å². The molecule has 0 saturated heterocycles. The van der Waals surface area contributed by atoms with Crippen molar-refractivity contribution in [2.24, 2.45) is 11.8 Å². The van der Waals surface area contributed by atoms with Gasteiger partial charge in [-0.15, -0.1) is 0 Å². The summed E-state index contributed by atoms with van der Waals surface area (Å²) in [6.07, 6.45) is 30.1. The monoisotopic (exact) mass is 1130 g/mol. The molecule has 0 fully saturated rings. The van der Waals surface area contributed by atoms with Crippen LogP contribution in [0.25, 0.3) is 0 Å². The van der Waals surface area contributed by atoms with E-state index in [9.17, 15) is 43.2 Å². The molecule has 0 radical (unpaired) electrons. The molecule has 0 amide bonds. The van der Waals surface area contributed by atoms with Crippen LogP contribution in [-0.4, -0.2) is 96.7 Å². The lowest BCUT2D eigenvalue weighted by atomic mass is 10.0. The maximum atomic E-state index is 12.9. The molecule has 0 bridgehead atoms. The lowest BCUT2D eigenvalue weighted by Gasteiger charge is -2.21. The Kier molecular flexibility index (Phi) is 48.8. The Morgan fingerprint density at radius 3 is 0.895 bits per heavy atom. The zero-order chi connectivity index (χ0) is 56.6. The Bertz CT molecular complexity index is 1510. The number of carbonyl (C=O) groups excluding carboxylic acids is 4. The number of carbonyl (C=O) groups is 4. The van der Waals surface area contributed by atoms with Gasteiger partial charge in [0.05, 0.1) is 26.4 Å². The summed E-state index contributed by atoms with van der Waals surface area (Å²) in [4.78, 5) is 71.4. The largest absolute Gasteiger partial charge is 0.472 e. The van der Waals surface area contributed by atoms with Gasteiger partial charge in [0.25, 0.3) is 0 Å². The second-order valence-electron chi connectivity index (χ2n) is 21.6. The number of aliphatic hydroxyl groups is 1. The van der Waals surface area contributed by atoms with Crippen molar-refractivity contribution >= 4 is 39.5 Å². The van der Waals surface area contributed by atoms with E-state index < -0.39 is 97.5 Å². The van der Waals surface area contributed by atoms with E-state index in [2.05, 4.69) is 41.5 Å². The van der Waals surface area contributed by atoms with Gasteiger partial charge in [-0.2, -0.15) is 0 Å². The predicted molar refractivity (Wildman–Crippen MR) is 298 cm³/mol. The molecule has 76 heavy (non-hydrogen) atoms. The SMILES string of the molecule is CCCCCCCC(=O)OC[C@H](COP(=O)(O)OC[C@H](O)COP(=O)(O)OC[C@@H](COC(=O)CCCCCCCCCCC(C)C)OC(=O)CCCCCCCCCCCCCCC(C)C)OC(=O)CCCCCCC. The second kappa shape index (κ2) is 50.1. The number of phosphoric ester groups is 2. The van der Waals surface area contributed by atoms with Crippen LogP contribution in [0.15, 0.2) is 0 Å². The van der Waals surface area contributed by atoms with Gasteiger partial charge in [-0.3, -0.25) is 37.3 Å². The van der Waals surface area contributed by atoms with Crippen molar-refractivity contribution in [3.05, 3.63) is 0 Å². The van der Waals surface area contributed by atoms with E-state index in [4.69, 9.17) is 37.0 Å². The van der Waals surface area contributed by atoms with E-state index in [1.807, 2.05) is 0 Å². The minimum absolute atomic E-state index is 0.0984. The molecule has 450 valence electrons. The third kappa shape index (κ3) is 51.5. The van der Waals surface area contributed by atoms with Gasteiger partial charge in [0.2, 0.25) is 0 Å². The lowest BCUT2D eigenvalue weighted by molar-refractivity contribution is -0.161. The van der Waals surface area contributed by atoms with Crippen LogP contribution in [0.4, 0.5) is 0 Å². The molecule has 0 heterocycles. The highest BCUT2D eigenvalue weighted by Crippen LogP contribution is 2.45. The molecular formula is C57H110O17P2. The summed E-state index contributed by atoms with van der Waals surface area (Å²) in [5.74, 6) is -0.663. The Hall–Kier alpha value is -1.94. The normalized spacial score (nSPS) is 14.5. The number of aliphatic hydroxyl groups excluding tert-OH is 1. The predicted octanol–water partition coefficient (Wildman–Crippen LogP) is 14.9. The van der Waals surface area contributed by atoms with Crippen LogP contribution >= 0.6 is 15.6 Å². The third-order valence-corrected chi connectivity index (χ3v) is 14.9. The number of hydrogen-bond donors (Lipinski definition) is 3. The van der Waals surface area contributed by atoms with Crippen molar-refractivity contribution in [2.45, 2.75) is 291 Å². The summed E-state index contributed by atoms with van der Waals surface area (Å²) in [6, 6.07) is 0. The molecule has 0 aliphatic carbocycles. The van der Waals surface area contributed by atoms with Crippen LogP contribution in [0, 0.1) is 11.8 Å². The minimum Gasteiger partial charge on any atom is -0.462 e. The molecule has 2 unspecified atom stereocenters. The van der Waals surface area contributed by atoms with E-state index in [0.29, 0.717) is 25.7 Å². The van der Waals surface area contributed by atoms with Crippen LogP contribution in [0.2, 0.25) is 0 Å². The molecule has 0 aromatic rings. The molecule has 0 aliphatic heterocycles. The third-order valence-electron chi connectivity index (χ3n) is 13.0. The Morgan fingerprint density at radius 2 is 0.605 bits per heavy atom. The first kappa shape index (κ1) is 74.1. The number of rotatable bonds is 56. The molecule has 5 atom stereocenters. The molecule has 0 rings (SSSR count). The average Bonchev–Trinajstić information content (AvgIpc) is 3.37. The molecule has 0 aromatic heterocycles. The van der Waals surface area contributed by atoms with Crippen LogP contribution in [-0.2, 0) is 65.4 Å². The van der Waals surface area contributed by atoms with Crippen LogP contribution in [0.1, 0.15) is 273 Å². The van der Waals surface area contributed by atoms with E-state index in [0.717, 1.165) is 108 Å². The van der Waals surface area contributed by atoms with Gasteiger partial charge >= 0.3 is 39.5 Å². The maximum absolute atomic E-state index is 12.9. The number of phosphoric acid groups is 2. The molecule has 0 saturated carbocycles. The van der Waals surface area contributed by atoms with Gasteiger partial charge in [0.1, 0.15) is 19.3 Å².